The van der Waals surface area contributed by atoms with Crippen LogP contribution in [0.15, 0.2) is 77.6 Å². The van der Waals surface area contributed by atoms with Gasteiger partial charge in [0.05, 0.1) is 18.6 Å². The molecule has 1 heterocycles. The first-order chi connectivity index (χ1) is 15.7. The molecule has 0 spiro atoms. The molecule has 1 N–H and O–H groups in total. The molecule has 1 aromatic heterocycles. The lowest BCUT2D eigenvalue weighted by atomic mass is 10.2. The maximum atomic E-state index is 13.3. The van der Waals surface area contributed by atoms with E-state index in [1.165, 1.54) is 10.9 Å². The number of ether oxygens (including phenoxy) is 2. The molecular weight excluding hydrogens is 427 g/mol. The molecule has 0 bridgehead atoms. The zero-order chi connectivity index (χ0) is 23.8. The maximum absolute atomic E-state index is 13.3. The molecule has 3 aromatic rings. The van der Waals surface area contributed by atoms with Gasteiger partial charge in [0.1, 0.15) is 24.3 Å². The fourth-order valence-corrected chi connectivity index (χ4v) is 2.89. The van der Waals surface area contributed by atoms with Crippen molar-refractivity contribution in [3.63, 3.8) is 0 Å². The van der Waals surface area contributed by atoms with Crippen molar-refractivity contribution < 1.29 is 18.7 Å². The molecule has 174 valence electrons. The number of halogens is 1. The highest BCUT2D eigenvalue weighted by atomic mass is 19.1. The fourth-order valence-electron chi connectivity index (χ4n) is 2.89. The van der Waals surface area contributed by atoms with Gasteiger partial charge in [-0.25, -0.2) is 23.2 Å². The van der Waals surface area contributed by atoms with E-state index in [0.717, 1.165) is 10.2 Å². The van der Waals surface area contributed by atoms with Crippen LogP contribution in [0.4, 0.5) is 9.18 Å². The molecule has 1 amide bonds. The van der Waals surface area contributed by atoms with Gasteiger partial charge in [-0.3, -0.25) is 0 Å². The number of carbonyl (C=O) groups is 1. The first-order valence-corrected chi connectivity index (χ1v) is 10.4. The summed E-state index contributed by atoms with van der Waals surface area (Å²) in [5.41, 5.74) is 0.706. The van der Waals surface area contributed by atoms with Gasteiger partial charge in [-0.15, -0.1) is 0 Å². The second-order valence-electron chi connectivity index (χ2n) is 8.33. The summed E-state index contributed by atoms with van der Waals surface area (Å²) in [5, 5.41) is 6.51. The van der Waals surface area contributed by atoms with Gasteiger partial charge in [0, 0.05) is 6.54 Å². The zero-order valence-electron chi connectivity index (χ0n) is 18.8. The SMILES string of the molecule is CC(C)(C)OC(=O)NC/C(=C\F)Cn1ncn(-c2ccc(OCc3ccccc3)cc2)c1=O. The molecular formula is C24H27FN4O4. The van der Waals surface area contributed by atoms with Crippen molar-refractivity contribution in [3.05, 3.63) is 88.9 Å². The number of nitrogens with one attached hydrogen (secondary N) is 1. The summed E-state index contributed by atoms with van der Waals surface area (Å²) in [6, 6.07) is 16.8. The molecule has 2 aromatic carbocycles. The third kappa shape index (κ3) is 7.06. The Balaban J connectivity index is 1.60. The first kappa shape index (κ1) is 23.8. The molecule has 0 fully saturated rings. The number of amides is 1. The lowest BCUT2D eigenvalue weighted by Gasteiger charge is -2.19. The number of benzene rings is 2. The van der Waals surface area contributed by atoms with Crippen molar-refractivity contribution in [1.29, 1.82) is 0 Å². The Kier molecular flexibility index (Phi) is 7.66. The van der Waals surface area contributed by atoms with Crippen LogP contribution in [0, 0.1) is 0 Å². The van der Waals surface area contributed by atoms with Crippen LogP contribution in [0.2, 0.25) is 0 Å². The van der Waals surface area contributed by atoms with E-state index in [4.69, 9.17) is 9.47 Å². The van der Waals surface area contributed by atoms with Crippen molar-refractivity contribution in [1.82, 2.24) is 19.7 Å². The Morgan fingerprint density at radius 3 is 2.45 bits per heavy atom. The number of hydrogen-bond acceptors (Lipinski definition) is 5. The van der Waals surface area contributed by atoms with Crippen LogP contribution in [-0.2, 0) is 17.9 Å². The molecule has 9 heteroatoms. The largest absolute Gasteiger partial charge is 0.489 e. The zero-order valence-corrected chi connectivity index (χ0v) is 18.8. The molecule has 0 atom stereocenters. The number of hydrogen-bond donors (Lipinski definition) is 1. The van der Waals surface area contributed by atoms with Gasteiger partial charge in [-0.05, 0) is 56.2 Å². The molecule has 3 rings (SSSR count). The van der Waals surface area contributed by atoms with Gasteiger partial charge < -0.3 is 14.8 Å². The summed E-state index contributed by atoms with van der Waals surface area (Å²) in [5.74, 6) is 0.666. The molecule has 0 saturated heterocycles. The molecule has 0 unspecified atom stereocenters. The highest BCUT2D eigenvalue weighted by Crippen LogP contribution is 2.16. The normalized spacial score (nSPS) is 11.8. The Morgan fingerprint density at radius 1 is 1.12 bits per heavy atom. The van der Waals surface area contributed by atoms with Crippen molar-refractivity contribution >= 4 is 6.09 Å². The van der Waals surface area contributed by atoms with Crippen molar-refractivity contribution in [2.24, 2.45) is 0 Å². The first-order valence-electron chi connectivity index (χ1n) is 10.4. The van der Waals surface area contributed by atoms with Gasteiger partial charge in [0.2, 0.25) is 0 Å². The van der Waals surface area contributed by atoms with E-state index in [0.29, 0.717) is 24.4 Å². The van der Waals surface area contributed by atoms with E-state index < -0.39 is 17.4 Å². The smallest absolute Gasteiger partial charge is 0.407 e. The second-order valence-corrected chi connectivity index (χ2v) is 8.33. The third-order valence-corrected chi connectivity index (χ3v) is 4.46. The van der Waals surface area contributed by atoms with E-state index in [1.807, 2.05) is 30.3 Å². The van der Waals surface area contributed by atoms with Crippen molar-refractivity contribution in [2.45, 2.75) is 39.5 Å². The molecule has 8 nitrogen and oxygen atoms in total. The summed E-state index contributed by atoms with van der Waals surface area (Å²) in [4.78, 5) is 24.5. The van der Waals surface area contributed by atoms with Crippen molar-refractivity contribution in [3.8, 4) is 11.4 Å². The highest BCUT2D eigenvalue weighted by Gasteiger charge is 2.16. The Labute approximate surface area is 191 Å². The van der Waals surface area contributed by atoms with Gasteiger partial charge in [0.25, 0.3) is 0 Å². The Bertz CT molecular complexity index is 1150. The van der Waals surface area contributed by atoms with Gasteiger partial charge in [-0.1, -0.05) is 30.3 Å². The topological polar surface area (TPSA) is 87.4 Å². The molecule has 0 aliphatic rings. The van der Waals surface area contributed by atoms with Crippen LogP contribution in [-0.4, -0.2) is 32.6 Å². The lowest BCUT2D eigenvalue weighted by Crippen LogP contribution is -2.34. The predicted octanol–water partition coefficient (Wildman–Crippen LogP) is 3.99. The van der Waals surface area contributed by atoms with Crippen LogP contribution in [0.25, 0.3) is 5.69 Å². The van der Waals surface area contributed by atoms with Crippen LogP contribution in [0.5, 0.6) is 5.75 Å². The molecule has 0 aliphatic carbocycles. The highest BCUT2D eigenvalue weighted by molar-refractivity contribution is 5.68. The average Bonchev–Trinajstić information content (AvgIpc) is 3.15. The summed E-state index contributed by atoms with van der Waals surface area (Å²) >= 11 is 0. The van der Waals surface area contributed by atoms with Crippen molar-refractivity contribution in [2.75, 3.05) is 6.54 Å². The molecule has 0 saturated carbocycles. The standard InChI is InChI=1S/C24H27FN4O4/c1-24(2,3)33-22(30)26-14-19(13-25)15-29-23(31)28(17-27-29)20-9-11-21(12-10-20)32-16-18-7-5-4-6-8-18/h4-13,17H,14-16H2,1-3H3,(H,26,30)/b19-13+. The van der Waals surface area contributed by atoms with E-state index in [-0.39, 0.29) is 18.7 Å². The predicted molar refractivity (Wildman–Crippen MR) is 122 cm³/mol. The minimum Gasteiger partial charge on any atom is -0.489 e. The van der Waals surface area contributed by atoms with E-state index in [9.17, 15) is 14.0 Å². The minimum absolute atomic E-state index is 0.113. The minimum atomic E-state index is -0.672. The fraction of sp³-hybridized carbons (Fsp3) is 0.292. The quantitative estimate of drug-likeness (QED) is 0.556. The maximum Gasteiger partial charge on any atom is 0.407 e. The molecule has 33 heavy (non-hydrogen) atoms. The Hall–Kier alpha value is -3.88. The van der Waals surface area contributed by atoms with Crippen LogP contribution in [0.1, 0.15) is 26.3 Å². The molecule has 0 radical (unpaired) electrons. The second kappa shape index (κ2) is 10.6. The number of carbonyl (C=O) groups excluding carboxylic acids is 1. The van der Waals surface area contributed by atoms with Crippen LogP contribution < -0.4 is 15.7 Å². The van der Waals surface area contributed by atoms with E-state index in [1.54, 1.807) is 45.0 Å². The number of alkyl carbamates (subject to hydrolysis) is 1. The van der Waals surface area contributed by atoms with Crippen LogP contribution >= 0.6 is 0 Å². The van der Waals surface area contributed by atoms with Gasteiger partial charge >= 0.3 is 11.8 Å². The lowest BCUT2D eigenvalue weighted by molar-refractivity contribution is 0.0532. The number of rotatable bonds is 8. The number of nitrogens with zero attached hydrogens (tertiary/aromatic N) is 3. The van der Waals surface area contributed by atoms with Gasteiger partial charge in [-0.2, -0.15) is 5.10 Å². The van der Waals surface area contributed by atoms with E-state index in [2.05, 4.69) is 10.4 Å². The Morgan fingerprint density at radius 2 is 1.82 bits per heavy atom. The van der Waals surface area contributed by atoms with E-state index >= 15 is 0 Å². The summed E-state index contributed by atoms with van der Waals surface area (Å²) in [6.07, 6.45) is 1.04. The van der Waals surface area contributed by atoms with Gasteiger partial charge in [0.15, 0.2) is 0 Å². The average molecular weight is 455 g/mol. The van der Waals surface area contributed by atoms with Crippen LogP contribution in [0.3, 0.4) is 0 Å². The summed E-state index contributed by atoms with van der Waals surface area (Å²) in [6.45, 7) is 5.40. The summed E-state index contributed by atoms with van der Waals surface area (Å²) < 4.78 is 26.7. The summed E-state index contributed by atoms with van der Waals surface area (Å²) in [7, 11) is 0. The molecule has 0 aliphatic heterocycles. The monoisotopic (exact) mass is 454 g/mol. The third-order valence-electron chi connectivity index (χ3n) is 4.46. The number of aromatic nitrogens is 3.